The van der Waals surface area contributed by atoms with E-state index in [-0.39, 0.29) is 26.1 Å². The molecule has 0 spiro atoms. The van der Waals surface area contributed by atoms with Crippen LogP contribution in [-0.2, 0) is 38.0 Å². The zero-order valence-corrected chi connectivity index (χ0v) is 45.9. The fourth-order valence-electron chi connectivity index (χ4n) is 9.63. The average Bonchev–Trinajstić information content (AvgIpc) is 3.38. The van der Waals surface area contributed by atoms with Gasteiger partial charge in [0.1, 0.15) is 55.4 Å². The second-order valence-electron chi connectivity index (χ2n) is 21.2. The standard InChI is InChI=1S/C58H108O15/c1-3-5-7-9-11-13-15-17-19-20-21-22-23-24-25-27-29-31-33-35-37-39-41-50(61)71-46(43-68-49(60)40-38-36-34-32-30-28-26-18-16-14-12-10-8-6-4-2)44-69-57-56(67)54(65)52(63)48(73-57)45-70-58-55(66)53(64)51(62)47(42-59)72-58/h18,26,46-48,51-59,62-67H,3-17,19-25,27-45H2,1-2H3/b26-18+/t46-,47+,48+,51-,52-,53?,54?,55?,56?,57+,58+/m1/s1. The predicted molar refractivity (Wildman–Crippen MR) is 285 cm³/mol. The monoisotopic (exact) mass is 1040 g/mol. The van der Waals surface area contributed by atoms with Gasteiger partial charge in [0.25, 0.3) is 0 Å². The fraction of sp³-hybridized carbons (Fsp3) is 0.931. The van der Waals surface area contributed by atoms with Crippen LogP contribution in [0.4, 0.5) is 0 Å². The van der Waals surface area contributed by atoms with Crippen molar-refractivity contribution in [2.75, 3.05) is 26.4 Å². The number of carbonyl (C=O) groups is 2. The summed E-state index contributed by atoms with van der Waals surface area (Å²) in [4.78, 5) is 25.9. The molecule has 0 aromatic rings. The number of aliphatic hydroxyl groups excluding tert-OH is 7. The molecule has 15 nitrogen and oxygen atoms in total. The van der Waals surface area contributed by atoms with Crippen LogP contribution < -0.4 is 0 Å². The molecule has 73 heavy (non-hydrogen) atoms. The van der Waals surface area contributed by atoms with E-state index in [0.29, 0.717) is 12.8 Å². The minimum Gasteiger partial charge on any atom is -0.462 e. The summed E-state index contributed by atoms with van der Waals surface area (Å²) < 4.78 is 33.7. The van der Waals surface area contributed by atoms with E-state index in [1.165, 1.54) is 154 Å². The molecular weight excluding hydrogens is 937 g/mol. The highest BCUT2D eigenvalue weighted by atomic mass is 16.7. The molecule has 15 heteroatoms. The normalized spacial score (nSPS) is 24.8. The van der Waals surface area contributed by atoms with Crippen molar-refractivity contribution in [3.8, 4) is 0 Å². The topological polar surface area (TPSA) is 231 Å². The van der Waals surface area contributed by atoms with E-state index in [1.807, 2.05) is 0 Å². The van der Waals surface area contributed by atoms with Crippen molar-refractivity contribution in [1.82, 2.24) is 0 Å². The zero-order valence-electron chi connectivity index (χ0n) is 45.9. The Morgan fingerprint density at radius 3 is 1.21 bits per heavy atom. The van der Waals surface area contributed by atoms with Gasteiger partial charge in [0.2, 0.25) is 0 Å². The quantitative estimate of drug-likeness (QED) is 0.0171. The van der Waals surface area contributed by atoms with Gasteiger partial charge in [0.15, 0.2) is 18.7 Å². The Hall–Kier alpha value is -1.76. The first-order chi connectivity index (χ1) is 35.5. The molecule has 0 bridgehead atoms. The molecule has 2 heterocycles. The molecule has 0 aliphatic carbocycles. The molecule has 2 saturated heterocycles. The number of esters is 2. The van der Waals surface area contributed by atoms with Crippen LogP contribution >= 0.6 is 0 Å². The van der Waals surface area contributed by atoms with Gasteiger partial charge in [-0.1, -0.05) is 212 Å². The lowest BCUT2D eigenvalue weighted by Crippen LogP contribution is -2.61. The summed E-state index contributed by atoms with van der Waals surface area (Å²) in [5, 5.41) is 72.3. The van der Waals surface area contributed by atoms with Gasteiger partial charge in [-0.05, 0) is 38.5 Å². The summed E-state index contributed by atoms with van der Waals surface area (Å²) in [5.41, 5.74) is 0. The minimum atomic E-state index is -1.76. The Labute approximate surface area is 441 Å². The third kappa shape index (κ3) is 32.6. The van der Waals surface area contributed by atoms with Crippen molar-refractivity contribution in [3.63, 3.8) is 0 Å². The van der Waals surface area contributed by atoms with Crippen LogP contribution in [0, 0.1) is 0 Å². The molecule has 11 atom stereocenters. The molecule has 0 aromatic heterocycles. The highest BCUT2D eigenvalue weighted by Crippen LogP contribution is 2.27. The van der Waals surface area contributed by atoms with Crippen LogP contribution in [0.3, 0.4) is 0 Å². The Morgan fingerprint density at radius 1 is 0.425 bits per heavy atom. The highest BCUT2D eigenvalue weighted by Gasteiger charge is 2.47. The van der Waals surface area contributed by atoms with Crippen LogP contribution in [-0.4, -0.2) is 142 Å². The summed E-state index contributed by atoms with van der Waals surface area (Å²) in [6.45, 7) is 2.63. The van der Waals surface area contributed by atoms with Crippen LogP contribution in [0.15, 0.2) is 12.2 Å². The van der Waals surface area contributed by atoms with E-state index in [0.717, 1.165) is 57.8 Å². The van der Waals surface area contributed by atoms with E-state index >= 15 is 0 Å². The van der Waals surface area contributed by atoms with Gasteiger partial charge in [-0.3, -0.25) is 9.59 Å². The SMILES string of the molecule is CCCCCCCC/C=C/CCCCCCCC(=O)OC[C@H](CO[C@H]1O[C@@H](CO[C@H]2O[C@@H](CO)[C@@H](O)C(O)C2O)[C@@H](O)C(O)C1O)OC(=O)CCCCCCCCCCCCCCCCCCCCCCCC. The molecule has 0 amide bonds. The van der Waals surface area contributed by atoms with Gasteiger partial charge in [-0.15, -0.1) is 0 Å². The first-order valence-corrected chi connectivity index (χ1v) is 29.8. The Balaban J connectivity index is 1.73. The molecule has 0 aromatic carbocycles. The average molecular weight is 1050 g/mol. The van der Waals surface area contributed by atoms with E-state index in [9.17, 15) is 45.3 Å². The lowest BCUT2D eigenvalue weighted by molar-refractivity contribution is -0.332. The maximum absolute atomic E-state index is 13.1. The van der Waals surface area contributed by atoms with Crippen LogP contribution in [0.5, 0.6) is 0 Å². The number of aliphatic hydroxyl groups is 7. The molecule has 430 valence electrons. The fourth-order valence-corrected chi connectivity index (χ4v) is 9.63. The van der Waals surface area contributed by atoms with Crippen LogP contribution in [0.2, 0.25) is 0 Å². The zero-order chi connectivity index (χ0) is 53.2. The summed E-state index contributed by atoms with van der Waals surface area (Å²) in [7, 11) is 0. The van der Waals surface area contributed by atoms with Crippen molar-refractivity contribution in [1.29, 1.82) is 0 Å². The first-order valence-electron chi connectivity index (χ1n) is 29.8. The molecule has 7 N–H and O–H groups in total. The van der Waals surface area contributed by atoms with Crippen molar-refractivity contribution in [2.24, 2.45) is 0 Å². The number of hydrogen-bond acceptors (Lipinski definition) is 15. The molecule has 4 unspecified atom stereocenters. The van der Waals surface area contributed by atoms with Crippen molar-refractivity contribution in [2.45, 2.75) is 319 Å². The number of hydrogen-bond donors (Lipinski definition) is 7. The highest BCUT2D eigenvalue weighted by molar-refractivity contribution is 5.70. The van der Waals surface area contributed by atoms with Gasteiger partial charge in [-0.2, -0.15) is 0 Å². The van der Waals surface area contributed by atoms with Gasteiger partial charge in [0.05, 0.1) is 19.8 Å². The molecule has 2 aliphatic heterocycles. The number of carbonyl (C=O) groups excluding carboxylic acids is 2. The van der Waals surface area contributed by atoms with Crippen molar-refractivity contribution >= 4 is 11.9 Å². The van der Waals surface area contributed by atoms with Gasteiger partial charge in [0, 0.05) is 12.8 Å². The summed E-state index contributed by atoms with van der Waals surface area (Å²) in [6.07, 6.45) is 30.9. The smallest absolute Gasteiger partial charge is 0.306 e. The largest absolute Gasteiger partial charge is 0.462 e. The Morgan fingerprint density at radius 2 is 0.781 bits per heavy atom. The predicted octanol–water partition coefficient (Wildman–Crippen LogP) is 10.1. The summed E-state index contributed by atoms with van der Waals surface area (Å²) >= 11 is 0. The van der Waals surface area contributed by atoms with E-state index in [4.69, 9.17) is 28.4 Å². The lowest BCUT2D eigenvalue weighted by atomic mass is 9.98. The summed E-state index contributed by atoms with van der Waals surface area (Å²) in [5.74, 6) is -0.919. The molecule has 2 fully saturated rings. The van der Waals surface area contributed by atoms with Gasteiger partial charge in [-0.25, -0.2) is 0 Å². The Kier molecular flexibility index (Phi) is 41.8. The Bertz CT molecular complexity index is 1320. The molecule has 2 rings (SSSR count). The summed E-state index contributed by atoms with van der Waals surface area (Å²) in [6, 6.07) is 0. The number of ether oxygens (including phenoxy) is 6. The number of rotatable bonds is 48. The van der Waals surface area contributed by atoms with Crippen LogP contribution in [0.1, 0.15) is 251 Å². The number of allylic oxidation sites excluding steroid dienone is 2. The van der Waals surface area contributed by atoms with E-state index in [2.05, 4.69) is 26.0 Å². The minimum absolute atomic E-state index is 0.170. The molecule has 0 saturated carbocycles. The molecule has 2 aliphatic rings. The third-order valence-electron chi connectivity index (χ3n) is 14.5. The van der Waals surface area contributed by atoms with Gasteiger partial charge < -0.3 is 64.2 Å². The second-order valence-corrected chi connectivity index (χ2v) is 21.2. The molecule has 0 radical (unpaired) electrons. The van der Waals surface area contributed by atoms with Crippen LogP contribution in [0.25, 0.3) is 0 Å². The van der Waals surface area contributed by atoms with E-state index in [1.54, 1.807) is 0 Å². The molecular formula is C58H108O15. The van der Waals surface area contributed by atoms with Crippen molar-refractivity contribution in [3.05, 3.63) is 12.2 Å². The second kappa shape index (κ2) is 45.3. The lowest BCUT2D eigenvalue weighted by Gasteiger charge is -2.42. The maximum Gasteiger partial charge on any atom is 0.306 e. The van der Waals surface area contributed by atoms with E-state index < -0.39 is 92.7 Å². The number of unbranched alkanes of at least 4 members (excludes halogenated alkanes) is 32. The maximum atomic E-state index is 13.1. The third-order valence-corrected chi connectivity index (χ3v) is 14.5. The van der Waals surface area contributed by atoms with Crippen molar-refractivity contribution < 1.29 is 73.8 Å². The van der Waals surface area contributed by atoms with Gasteiger partial charge >= 0.3 is 11.9 Å². The first kappa shape index (κ1) is 67.3.